The molecular formula is C57H59ClF2N8O4S2. The second kappa shape index (κ2) is 22.7. The lowest BCUT2D eigenvalue weighted by Gasteiger charge is -2.42. The number of nitrogens with one attached hydrogen (secondary N) is 2. The maximum Gasteiger partial charge on any atom is 0.227 e. The van der Waals surface area contributed by atoms with Gasteiger partial charge in [-0.05, 0) is 97.8 Å². The van der Waals surface area contributed by atoms with E-state index in [4.69, 9.17) is 41.0 Å². The van der Waals surface area contributed by atoms with E-state index in [1.807, 2.05) is 30.3 Å². The van der Waals surface area contributed by atoms with E-state index in [1.165, 1.54) is 41.0 Å². The molecular weight excluding hydrogens is 998 g/mol. The van der Waals surface area contributed by atoms with Crippen molar-refractivity contribution in [2.75, 3.05) is 78.4 Å². The van der Waals surface area contributed by atoms with Crippen molar-refractivity contribution in [1.29, 1.82) is 0 Å². The minimum atomic E-state index is -1.19. The van der Waals surface area contributed by atoms with Crippen LogP contribution >= 0.6 is 11.6 Å². The third kappa shape index (κ3) is 11.5. The standard InChI is InChI=1S/C31H30ClFN4O2S.C26H29FN4O2S/c32-24-11-9-23(10-12-24)31(21-39-20-22-5-2-1-3-6-22)14-16-37(17-15-31)30-35-27-13-18-40(38)28(27)29(36-30)34-26-8-4-7-25(33)19-26;1-18-6-8-19(9-7-18)26(17-33-2)11-13-31(14-12-26)25-29-22-10-15-34(32)23(22)24(30-25)28-21-5-3-4-20(27)16-21/h1-12,19H,13-18,20-21H2,(H,34,35,36);3-9,16H,10-15,17H2,1-2H3,(H,28,29,30). The average Bonchev–Trinajstić information content (AvgIpc) is 3.99. The molecule has 2 aromatic heterocycles. The molecule has 74 heavy (non-hydrogen) atoms. The summed E-state index contributed by atoms with van der Waals surface area (Å²) in [5.41, 5.74) is 7.44. The summed E-state index contributed by atoms with van der Waals surface area (Å²) in [6.07, 6.45) is 4.82. The van der Waals surface area contributed by atoms with E-state index < -0.39 is 21.6 Å². The van der Waals surface area contributed by atoms with Crippen LogP contribution in [0, 0.1) is 18.6 Å². The first-order chi connectivity index (χ1) is 36.0. The molecule has 2 fully saturated rings. The van der Waals surface area contributed by atoms with Gasteiger partial charge in [0.05, 0.1) is 52.8 Å². The predicted octanol–water partition coefficient (Wildman–Crippen LogP) is 10.9. The molecule has 11 rings (SSSR count). The van der Waals surface area contributed by atoms with E-state index in [0.29, 0.717) is 93.9 Å². The summed E-state index contributed by atoms with van der Waals surface area (Å²) in [6.45, 7) is 6.96. The van der Waals surface area contributed by atoms with Crippen molar-refractivity contribution in [3.63, 3.8) is 0 Å². The maximum absolute atomic E-state index is 13.9. The van der Waals surface area contributed by atoms with E-state index in [1.54, 1.807) is 31.4 Å². The number of rotatable bonds is 14. The molecule has 5 aromatic carbocycles. The molecule has 2 atom stereocenters. The van der Waals surface area contributed by atoms with Crippen molar-refractivity contribution in [2.24, 2.45) is 0 Å². The van der Waals surface area contributed by atoms with Crippen LogP contribution in [0.1, 0.15) is 59.3 Å². The monoisotopic (exact) mass is 1060 g/mol. The molecule has 0 amide bonds. The highest BCUT2D eigenvalue weighted by atomic mass is 35.5. The summed E-state index contributed by atoms with van der Waals surface area (Å²) in [4.78, 5) is 24.9. The highest BCUT2D eigenvalue weighted by Gasteiger charge is 2.40. The second-order valence-corrected chi connectivity index (χ2v) is 22.9. The van der Waals surface area contributed by atoms with Gasteiger partial charge in [-0.1, -0.05) is 96.0 Å². The lowest BCUT2D eigenvalue weighted by Crippen LogP contribution is -2.46. The molecule has 384 valence electrons. The number of halogens is 3. The topological polar surface area (TPSA) is 135 Å². The Hall–Kier alpha value is -6.17. The number of piperidine rings is 2. The van der Waals surface area contributed by atoms with Crippen molar-refractivity contribution in [2.45, 2.75) is 72.7 Å². The van der Waals surface area contributed by atoms with Crippen LogP contribution in [0.3, 0.4) is 0 Å². The summed E-state index contributed by atoms with van der Waals surface area (Å²) in [5, 5.41) is 7.11. The first-order valence-electron chi connectivity index (χ1n) is 25.0. The Kier molecular flexibility index (Phi) is 15.8. The third-order valence-electron chi connectivity index (χ3n) is 14.6. The number of fused-ring (bicyclic) bond motifs is 2. The van der Waals surface area contributed by atoms with Crippen LogP contribution in [-0.4, -0.2) is 86.4 Å². The Morgan fingerprint density at radius 3 is 1.55 bits per heavy atom. The highest BCUT2D eigenvalue weighted by Crippen LogP contribution is 2.41. The van der Waals surface area contributed by atoms with Gasteiger partial charge in [0.2, 0.25) is 11.9 Å². The number of ether oxygens (including phenoxy) is 2. The number of anilines is 6. The second-order valence-electron chi connectivity index (χ2n) is 19.5. The first kappa shape index (κ1) is 51.3. The summed E-state index contributed by atoms with van der Waals surface area (Å²) < 4.78 is 65.0. The average molecular weight is 1060 g/mol. The van der Waals surface area contributed by atoms with Crippen LogP contribution in [0.4, 0.5) is 43.7 Å². The molecule has 12 nitrogen and oxygen atoms in total. The fourth-order valence-corrected chi connectivity index (χ4v) is 13.2. The molecule has 0 spiro atoms. The zero-order valence-electron chi connectivity index (χ0n) is 41.5. The van der Waals surface area contributed by atoms with Crippen molar-refractivity contribution in [1.82, 2.24) is 19.9 Å². The Morgan fingerprint density at radius 2 is 1.08 bits per heavy atom. The molecule has 0 saturated carbocycles. The van der Waals surface area contributed by atoms with Crippen LogP contribution in [-0.2, 0) is 61.4 Å². The molecule has 4 aliphatic heterocycles. The number of methoxy groups -OCH3 is 1. The third-order valence-corrected chi connectivity index (χ3v) is 17.7. The maximum atomic E-state index is 13.9. The van der Waals surface area contributed by atoms with Gasteiger partial charge >= 0.3 is 0 Å². The van der Waals surface area contributed by atoms with Gasteiger partial charge in [-0.2, -0.15) is 9.97 Å². The van der Waals surface area contributed by atoms with Gasteiger partial charge in [-0.15, -0.1) is 0 Å². The number of nitrogens with zero attached hydrogens (tertiary/aromatic N) is 6. The first-order valence-corrected chi connectivity index (χ1v) is 28.1. The van der Waals surface area contributed by atoms with Crippen LogP contribution in [0.15, 0.2) is 137 Å². The smallest absolute Gasteiger partial charge is 0.227 e. The van der Waals surface area contributed by atoms with E-state index in [9.17, 15) is 17.2 Å². The molecule has 2 N–H and O–H groups in total. The quantitative estimate of drug-likeness (QED) is 0.107. The molecule has 0 radical (unpaired) electrons. The fraction of sp³-hybridized carbons (Fsp3) is 0.333. The summed E-state index contributed by atoms with van der Waals surface area (Å²) in [7, 11) is -0.587. The lowest BCUT2D eigenvalue weighted by atomic mass is 9.73. The van der Waals surface area contributed by atoms with E-state index in [0.717, 1.165) is 68.8 Å². The van der Waals surface area contributed by atoms with Gasteiger partial charge in [-0.25, -0.2) is 18.7 Å². The number of hydrogen-bond acceptors (Lipinski definition) is 12. The zero-order chi connectivity index (χ0) is 51.2. The van der Waals surface area contributed by atoms with Crippen molar-refractivity contribution >= 4 is 68.1 Å². The Bertz CT molecular complexity index is 3140. The highest BCUT2D eigenvalue weighted by molar-refractivity contribution is 7.85. The zero-order valence-corrected chi connectivity index (χ0v) is 43.9. The van der Waals surface area contributed by atoms with Gasteiger partial charge in [0.15, 0.2) is 11.6 Å². The van der Waals surface area contributed by atoms with Crippen molar-refractivity contribution < 1.29 is 26.7 Å². The van der Waals surface area contributed by atoms with E-state index in [2.05, 4.69) is 75.9 Å². The van der Waals surface area contributed by atoms with Crippen LogP contribution < -0.4 is 20.4 Å². The molecule has 4 aliphatic rings. The molecule has 6 heterocycles. The van der Waals surface area contributed by atoms with E-state index in [-0.39, 0.29) is 22.5 Å². The van der Waals surface area contributed by atoms with Crippen molar-refractivity contribution in [3.8, 4) is 0 Å². The molecule has 2 unspecified atom stereocenters. The molecule has 0 aliphatic carbocycles. The van der Waals surface area contributed by atoms with Crippen LogP contribution in [0.2, 0.25) is 5.02 Å². The van der Waals surface area contributed by atoms with E-state index >= 15 is 0 Å². The molecule has 7 aromatic rings. The summed E-state index contributed by atoms with van der Waals surface area (Å²) in [5.74, 6) is 2.60. The minimum absolute atomic E-state index is 0.0418. The lowest BCUT2D eigenvalue weighted by molar-refractivity contribution is 0.0591. The van der Waals surface area contributed by atoms with Crippen molar-refractivity contribution in [3.05, 3.63) is 178 Å². The van der Waals surface area contributed by atoms with Crippen LogP contribution in [0.25, 0.3) is 0 Å². The number of benzene rings is 5. The predicted molar refractivity (Wildman–Crippen MR) is 290 cm³/mol. The van der Waals surface area contributed by atoms with Gasteiger partial charge in [-0.3, -0.25) is 8.42 Å². The summed E-state index contributed by atoms with van der Waals surface area (Å²) >= 11 is 6.22. The fourth-order valence-electron chi connectivity index (χ4n) is 10.5. The Morgan fingerprint density at radius 1 is 0.608 bits per heavy atom. The Labute approximate surface area is 441 Å². The van der Waals surface area contributed by atoms with Crippen LogP contribution in [0.5, 0.6) is 0 Å². The Balaban J connectivity index is 0.000000172. The molecule has 17 heteroatoms. The van der Waals surface area contributed by atoms with Gasteiger partial charge in [0, 0.05) is 84.9 Å². The summed E-state index contributed by atoms with van der Waals surface area (Å²) in [6, 6.07) is 39.5. The van der Waals surface area contributed by atoms with Gasteiger partial charge in [0.1, 0.15) is 21.4 Å². The van der Waals surface area contributed by atoms with Gasteiger partial charge < -0.3 is 29.9 Å². The largest absolute Gasteiger partial charge is 0.384 e. The number of aromatic nitrogens is 4. The minimum Gasteiger partial charge on any atom is -0.384 e. The normalized spacial score (nSPS) is 18.5. The number of hydrogen-bond donors (Lipinski definition) is 2. The molecule has 0 bridgehead atoms. The molecule has 2 saturated heterocycles. The van der Waals surface area contributed by atoms with Gasteiger partial charge in [0.25, 0.3) is 0 Å². The SMILES string of the molecule is COCC1(c2ccc(C)cc2)CCN(c2nc3c(c(Nc4cccc(F)c4)n2)S(=O)CC3)CC1.O=S1CCc2nc(N3CCC(COCc4ccccc4)(c4ccc(Cl)cc4)CC3)nc(Nc3cccc(F)c3)c21. The number of aryl methyl sites for hydroxylation is 3.